The molecular formula is C24H20BrClN4O2. The summed E-state index contributed by atoms with van der Waals surface area (Å²) < 4.78 is 2.76. The van der Waals surface area contributed by atoms with E-state index in [1.54, 1.807) is 24.3 Å². The Morgan fingerprint density at radius 3 is 2.44 bits per heavy atom. The Kier molecular flexibility index (Phi) is 6.58. The van der Waals surface area contributed by atoms with E-state index in [-0.39, 0.29) is 18.4 Å². The molecule has 0 saturated heterocycles. The van der Waals surface area contributed by atoms with E-state index in [1.165, 1.54) is 0 Å². The fraction of sp³-hybridized carbons (Fsp3) is 0.125. The molecule has 1 heterocycles. The van der Waals surface area contributed by atoms with Crippen molar-refractivity contribution < 1.29 is 9.59 Å². The van der Waals surface area contributed by atoms with Gasteiger partial charge < -0.3 is 15.2 Å². The second kappa shape index (κ2) is 9.54. The van der Waals surface area contributed by atoms with E-state index in [0.717, 1.165) is 15.5 Å². The van der Waals surface area contributed by atoms with Crippen molar-refractivity contribution in [2.45, 2.75) is 19.5 Å². The minimum absolute atomic E-state index is 0.0626. The molecule has 0 aliphatic rings. The van der Waals surface area contributed by atoms with Crippen LogP contribution >= 0.6 is 27.5 Å². The van der Waals surface area contributed by atoms with Crippen LogP contribution in [0.3, 0.4) is 0 Å². The van der Waals surface area contributed by atoms with E-state index >= 15 is 0 Å². The molecule has 8 heteroatoms. The van der Waals surface area contributed by atoms with Crippen LogP contribution in [0.1, 0.15) is 29.1 Å². The molecule has 2 N–H and O–H groups in total. The maximum Gasteiger partial charge on any atom is 0.251 e. The number of anilines is 1. The minimum Gasteiger partial charge on any atom is -0.342 e. The van der Waals surface area contributed by atoms with Gasteiger partial charge in [-0.3, -0.25) is 9.59 Å². The lowest BCUT2D eigenvalue weighted by molar-refractivity contribution is -0.116. The summed E-state index contributed by atoms with van der Waals surface area (Å²) in [4.78, 5) is 30.2. The molecule has 2 amide bonds. The highest BCUT2D eigenvalue weighted by molar-refractivity contribution is 9.10. The van der Waals surface area contributed by atoms with Gasteiger partial charge in [-0.25, -0.2) is 4.98 Å². The van der Waals surface area contributed by atoms with Gasteiger partial charge in [0.25, 0.3) is 5.91 Å². The van der Waals surface area contributed by atoms with Gasteiger partial charge in [0, 0.05) is 20.7 Å². The Labute approximate surface area is 198 Å². The van der Waals surface area contributed by atoms with Crippen molar-refractivity contribution in [3.63, 3.8) is 0 Å². The first-order valence-corrected chi connectivity index (χ1v) is 11.1. The Balaban J connectivity index is 1.57. The maximum absolute atomic E-state index is 12.8. The number of fused-ring (bicyclic) bond motifs is 1. The van der Waals surface area contributed by atoms with Crippen LogP contribution in [0.15, 0.2) is 77.3 Å². The third-order valence-corrected chi connectivity index (χ3v) is 5.74. The molecule has 1 unspecified atom stereocenters. The quantitative estimate of drug-likeness (QED) is 0.355. The molecule has 0 saturated carbocycles. The number of aromatic nitrogens is 2. The van der Waals surface area contributed by atoms with Gasteiger partial charge in [0.15, 0.2) is 0 Å². The lowest BCUT2D eigenvalue weighted by Crippen LogP contribution is -2.30. The molecule has 1 atom stereocenters. The number of carbonyl (C=O) groups excluding carboxylic acids is 2. The number of carbonyl (C=O) groups is 2. The molecule has 32 heavy (non-hydrogen) atoms. The molecule has 0 spiro atoms. The van der Waals surface area contributed by atoms with Crippen LogP contribution in [0.5, 0.6) is 0 Å². The Bertz CT molecular complexity index is 1270. The molecule has 162 valence electrons. The third-order valence-electron chi connectivity index (χ3n) is 4.96. The summed E-state index contributed by atoms with van der Waals surface area (Å²) >= 11 is 9.30. The zero-order valence-corrected chi connectivity index (χ0v) is 19.5. The molecular weight excluding hydrogens is 492 g/mol. The minimum atomic E-state index is -0.425. The van der Waals surface area contributed by atoms with Gasteiger partial charge in [0.05, 0.1) is 17.1 Å². The second-order valence-electron chi connectivity index (χ2n) is 7.30. The first kappa shape index (κ1) is 22.0. The predicted molar refractivity (Wildman–Crippen MR) is 130 cm³/mol. The summed E-state index contributed by atoms with van der Waals surface area (Å²) in [5.74, 6) is 0.166. The second-order valence-corrected chi connectivity index (χ2v) is 8.65. The van der Waals surface area contributed by atoms with Gasteiger partial charge in [-0.2, -0.15) is 0 Å². The van der Waals surface area contributed by atoms with Crippen LogP contribution in [0.25, 0.3) is 11.0 Å². The van der Waals surface area contributed by atoms with Crippen molar-refractivity contribution >= 4 is 56.1 Å². The Morgan fingerprint density at radius 1 is 1.03 bits per heavy atom. The summed E-state index contributed by atoms with van der Waals surface area (Å²) in [5, 5.41) is 6.43. The monoisotopic (exact) mass is 510 g/mol. The van der Waals surface area contributed by atoms with Crippen LogP contribution in [-0.4, -0.2) is 21.4 Å². The zero-order chi connectivity index (χ0) is 22.7. The number of hydrogen-bond acceptors (Lipinski definition) is 3. The van der Waals surface area contributed by atoms with Crippen LogP contribution in [0.2, 0.25) is 5.02 Å². The molecule has 1 aromatic heterocycles. The van der Waals surface area contributed by atoms with Crippen molar-refractivity contribution in [2.75, 3.05) is 5.32 Å². The highest BCUT2D eigenvalue weighted by Crippen LogP contribution is 2.22. The van der Waals surface area contributed by atoms with E-state index in [2.05, 4.69) is 31.5 Å². The zero-order valence-electron chi connectivity index (χ0n) is 17.2. The number of benzene rings is 3. The molecule has 0 radical (unpaired) electrons. The van der Waals surface area contributed by atoms with E-state index in [0.29, 0.717) is 22.1 Å². The van der Waals surface area contributed by atoms with Crippen LogP contribution in [0.4, 0.5) is 5.69 Å². The van der Waals surface area contributed by atoms with Crippen LogP contribution in [0, 0.1) is 0 Å². The highest BCUT2D eigenvalue weighted by atomic mass is 79.9. The standard InChI is InChI=1S/C24H20BrClN4O2/c1-15(27-24(32)16-6-10-18(26)11-7-16)23-29-20-4-2-3-5-21(20)30(23)14-22(31)28-19-12-8-17(25)9-13-19/h2-13,15H,14H2,1H3,(H,27,32)(H,28,31). The highest BCUT2D eigenvalue weighted by Gasteiger charge is 2.20. The molecule has 0 aliphatic heterocycles. The van der Waals surface area contributed by atoms with E-state index in [4.69, 9.17) is 11.6 Å². The maximum atomic E-state index is 12.8. The Hall–Kier alpha value is -3.16. The number of nitrogens with one attached hydrogen (secondary N) is 2. The molecule has 4 rings (SSSR count). The third kappa shape index (κ3) is 5.00. The molecule has 0 aliphatic carbocycles. The molecule has 0 fully saturated rings. The van der Waals surface area contributed by atoms with Gasteiger partial charge in [-0.1, -0.05) is 39.7 Å². The molecule has 6 nitrogen and oxygen atoms in total. The van der Waals surface area contributed by atoms with E-state index in [9.17, 15) is 9.59 Å². The van der Waals surface area contributed by atoms with Crippen LogP contribution in [-0.2, 0) is 11.3 Å². The van der Waals surface area contributed by atoms with Crippen molar-refractivity contribution in [1.29, 1.82) is 0 Å². The number of rotatable bonds is 6. The van der Waals surface area contributed by atoms with Gasteiger partial charge >= 0.3 is 0 Å². The summed E-state index contributed by atoms with van der Waals surface area (Å²) in [5.41, 5.74) is 2.78. The van der Waals surface area contributed by atoms with Crippen molar-refractivity contribution in [1.82, 2.24) is 14.9 Å². The number of para-hydroxylation sites is 2. The van der Waals surface area contributed by atoms with E-state index in [1.807, 2.05) is 60.0 Å². The molecule has 0 bridgehead atoms. The summed E-state index contributed by atoms with van der Waals surface area (Å²) in [6.07, 6.45) is 0. The summed E-state index contributed by atoms with van der Waals surface area (Å²) in [7, 11) is 0. The smallest absolute Gasteiger partial charge is 0.251 e. The molecule has 3 aromatic carbocycles. The lowest BCUT2D eigenvalue weighted by Gasteiger charge is -2.16. The van der Waals surface area contributed by atoms with E-state index < -0.39 is 6.04 Å². The van der Waals surface area contributed by atoms with Crippen molar-refractivity contribution in [2.24, 2.45) is 0 Å². The van der Waals surface area contributed by atoms with Crippen LogP contribution < -0.4 is 10.6 Å². The fourth-order valence-corrected chi connectivity index (χ4v) is 3.80. The number of amides is 2. The number of halogens is 2. The first-order chi connectivity index (χ1) is 15.4. The average molecular weight is 512 g/mol. The predicted octanol–water partition coefficient (Wildman–Crippen LogP) is 5.58. The Morgan fingerprint density at radius 2 is 1.72 bits per heavy atom. The summed E-state index contributed by atoms with van der Waals surface area (Å²) in [6, 6.07) is 21.2. The number of imidazole rings is 1. The lowest BCUT2D eigenvalue weighted by atomic mass is 10.2. The average Bonchev–Trinajstić information content (AvgIpc) is 3.14. The van der Waals surface area contributed by atoms with Gasteiger partial charge in [-0.05, 0) is 67.6 Å². The van der Waals surface area contributed by atoms with Gasteiger partial charge in [0.1, 0.15) is 12.4 Å². The number of hydrogen-bond donors (Lipinski definition) is 2. The largest absolute Gasteiger partial charge is 0.342 e. The van der Waals surface area contributed by atoms with Gasteiger partial charge in [-0.15, -0.1) is 0 Å². The SMILES string of the molecule is CC(NC(=O)c1ccc(Cl)cc1)c1nc2ccccc2n1CC(=O)Nc1ccc(Br)cc1. The summed E-state index contributed by atoms with van der Waals surface area (Å²) in [6.45, 7) is 1.91. The first-order valence-electron chi connectivity index (χ1n) is 9.98. The van der Waals surface area contributed by atoms with Crippen molar-refractivity contribution in [3.8, 4) is 0 Å². The normalized spacial score (nSPS) is 11.8. The molecule has 4 aromatic rings. The van der Waals surface area contributed by atoms with Gasteiger partial charge in [0.2, 0.25) is 5.91 Å². The van der Waals surface area contributed by atoms with Crippen molar-refractivity contribution in [3.05, 3.63) is 93.7 Å². The topological polar surface area (TPSA) is 76.0 Å². The fourth-order valence-electron chi connectivity index (χ4n) is 3.41. The number of nitrogens with zero attached hydrogens (tertiary/aromatic N) is 2.